The lowest BCUT2D eigenvalue weighted by molar-refractivity contribution is -0.153. The molecule has 2 amide bonds. The van der Waals surface area contributed by atoms with Gasteiger partial charge in [-0.25, -0.2) is 9.59 Å². The van der Waals surface area contributed by atoms with Crippen LogP contribution < -0.4 is 10.6 Å². The summed E-state index contributed by atoms with van der Waals surface area (Å²) in [7, 11) is 0. The largest absolute Gasteiger partial charge is 0.480 e. The van der Waals surface area contributed by atoms with Crippen molar-refractivity contribution in [3.63, 3.8) is 0 Å². The Morgan fingerprint density at radius 2 is 1.50 bits per heavy atom. The number of amides is 2. The quantitative estimate of drug-likeness (QED) is 0.302. The van der Waals surface area contributed by atoms with E-state index in [1.165, 1.54) is 0 Å². The number of carboxylic acids is 1. The summed E-state index contributed by atoms with van der Waals surface area (Å²) in [6, 6.07) is 24.4. The van der Waals surface area contributed by atoms with Gasteiger partial charge in [0.15, 0.2) is 6.04 Å². The molecule has 0 aliphatic heterocycles. The highest BCUT2D eigenvalue weighted by atomic mass is 16.5. The fraction of sp³-hybridized carbons (Fsp3) is 0.382. The third-order valence-electron chi connectivity index (χ3n) is 9.27. The topological polar surface area (TPSA) is 114 Å². The predicted octanol–water partition coefficient (Wildman–Crippen LogP) is 5.40. The van der Waals surface area contributed by atoms with Gasteiger partial charge < -0.3 is 25.2 Å². The van der Waals surface area contributed by atoms with Gasteiger partial charge in [-0.3, -0.25) is 4.79 Å². The van der Waals surface area contributed by atoms with Crippen LogP contribution in [0.3, 0.4) is 0 Å². The molecule has 3 N–H and O–H groups in total. The molecule has 0 saturated heterocycles. The normalized spacial score (nSPS) is 18.9. The predicted molar refractivity (Wildman–Crippen MR) is 157 cm³/mol. The monoisotopic (exact) mass is 568 g/mol. The van der Waals surface area contributed by atoms with Crippen LogP contribution in [-0.2, 0) is 25.7 Å². The number of ether oxygens (including phenoxy) is 2. The second-order valence-electron chi connectivity index (χ2n) is 12.0. The van der Waals surface area contributed by atoms with Gasteiger partial charge in [0.25, 0.3) is 0 Å². The van der Waals surface area contributed by atoms with Crippen molar-refractivity contribution < 1.29 is 29.0 Å². The summed E-state index contributed by atoms with van der Waals surface area (Å²) in [6.45, 7) is 1.97. The first-order valence-electron chi connectivity index (χ1n) is 14.6. The smallest absolute Gasteiger partial charge is 0.408 e. The van der Waals surface area contributed by atoms with Crippen LogP contribution in [0.5, 0.6) is 0 Å². The Morgan fingerprint density at radius 1 is 0.905 bits per heavy atom. The summed E-state index contributed by atoms with van der Waals surface area (Å²) in [4.78, 5) is 39.1. The van der Waals surface area contributed by atoms with Gasteiger partial charge in [-0.1, -0.05) is 85.3 Å². The van der Waals surface area contributed by atoms with Gasteiger partial charge in [-0.15, -0.1) is 0 Å². The first kappa shape index (κ1) is 28.0. The second kappa shape index (κ2) is 11.2. The molecule has 0 radical (unpaired) electrons. The standard InChI is InChI=1S/C34H36N2O6/c1-22(41-18-23-10-3-2-4-11-23)29(30(37)38)35-31(39)34(20-33(21-34)16-9-17-33)36-32(40)42-19-28-26-14-7-5-12-24(26)25-13-6-8-15-27(25)28/h2-8,10-15,22,28-29H,9,16-21H2,1H3,(H,35,39)(H,36,40)(H,37,38). The first-order valence-corrected chi connectivity index (χ1v) is 14.6. The number of rotatable bonds is 10. The van der Waals surface area contributed by atoms with Crippen LogP contribution in [0.25, 0.3) is 11.1 Å². The van der Waals surface area contributed by atoms with Crippen LogP contribution in [0.15, 0.2) is 78.9 Å². The molecule has 0 heterocycles. The molecule has 6 rings (SSSR count). The zero-order valence-corrected chi connectivity index (χ0v) is 23.7. The number of carboxylic acid groups (broad SMARTS) is 1. The van der Waals surface area contributed by atoms with Crippen molar-refractivity contribution in [2.24, 2.45) is 5.41 Å². The number of hydrogen-bond acceptors (Lipinski definition) is 5. The molecular formula is C34H36N2O6. The summed E-state index contributed by atoms with van der Waals surface area (Å²) in [5.74, 6) is -1.82. The molecule has 218 valence electrons. The molecule has 2 unspecified atom stereocenters. The average Bonchev–Trinajstić information content (AvgIpc) is 3.28. The van der Waals surface area contributed by atoms with Crippen molar-refractivity contribution >= 4 is 18.0 Å². The lowest BCUT2D eigenvalue weighted by atomic mass is 9.48. The Bertz CT molecular complexity index is 1430. The van der Waals surface area contributed by atoms with E-state index in [4.69, 9.17) is 9.47 Å². The molecular weight excluding hydrogens is 532 g/mol. The van der Waals surface area contributed by atoms with Gasteiger partial charge in [0.05, 0.1) is 12.7 Å². The molecule has 0 bridgehead atoms. The van der Waals surface area contributed by atoms with Gasteiger partial charge in [-0.05, 0) is 65.8 Å². The maximum absolute atomic E-state index is 13.7. The zero-order valence-electron chi connectivity index (χ0n) is 23.7. The van der Waals surface area contributed by atoms with Crippen LogP contribution in [0, 0.1) is 5.41 Å². The van der Waals surface area contributed by atoms with E-state index in [2.05, 4.69) is 34.9 Å². The number of fused-ring (bicyclic) bond motifs is 3. The third kappa shape index (κ3) is 5.27. The molecule has 3 aromatic carbocycles. The fourth-order valence-electron chi connectivity index (χ4n) is 6.95. The third-order valence-corrected chi connectivity index (χ3v) is 9.27. The van der Waals surface area contributed by atoms with Gasteiger partial charge in [0, 0.05) is 5.92 Å². The lowest BCUT2D eigenvalue weighted by Gasteiger charge is -2.59. The minimum absolute atomic E-state index is 0.0160. The highest BCUT2D eigenvalue weighted by Gasteiger charge is 2.62. The molecule has 2 fully saturated rings. The van der Waals surface area contributed by atoms with Crippen molar-refractivity contribution in [2.45, 2.75) is 69.2 Å². The van der Waals surface area contributed by atoms with Crippen molar-refractivity contribution in [3.05, 3.63) is 95.6 Å². The van der Waals surface area contributed by atoms with Gasteiger partial charge >= 0.3 is 12.1 Å². The molecule has 8 nitrogen and oxygen atoms in total. The molecule has 2 atom stereocenters. The van der Waals surface area contributed by atoms with E-state index in [0.717, 1.165) is 47.1 Å². The maximum atomic E-state index is 13.7. The molecule has 3 aromatic rings. The fourth-order valence-corrected chi connectivity index (χ4v) is 6.95. The van der Waals surface area contributed by atoms with Crippen LogP contribution in [0.4, 0.5) is 4.79 Å². The molecule has 42 heavy (non-hydrogen) atoms. The molecule has 8 heteroatoms. The summed E-state index contributed by atoms with van der Waals surface area (Å²) in [5.41, 5.74) is 4.16. The van der Waals surface area contributed by atoms with E-state index in [9.17, 15) is 19.5 Å². The second-order valence-corrected chi connectivity index (χ2v) is 12.0. The first-order chi connectivity index (χ1) is 20.3. The number of hydrogen-bond donors (Lipinski definition) is 3. The van der Waals surface area contributed by atoms with Gasteiger partial charge in [-0.2, -0.15) is 0 Å². The summed E-state index contributed by atoms with van der Waals surface area (Å²) >= 11 is 0. The van der Waals surface area contributed by atoms with Crippen LogP contribution in [0.2, 0.25) is 0 Å². The summed E-state index contributed by atoms with van der Waals surface area (Å²) < 4.78 is 11.6. The van der Waals surface area contributed by atoms with Crippen molar-refractivity contribution in [1.82, 2.24) is 10.6 Å². The lowest BCUT2D eigenvalue weighted by Crippen LogP contribution is -2.72. The number of carbonyl (C=O) groups excluding carboxylic acids is 2. The number of nitrogens with one attached hydrogen (secondary N) is 2. The molecule has 3 aliphatic rings. The number of benzene rings is 3. The SMILES string of the molecule is CC(OCc1ccccc1)C(NC(=O)C1(NC(=O)OCC2c3ccccc3-c3ccccc32)CC2(CCC2)C1)C(=O)O. The Balaban J connectivity index is 1.12. The Hall–Kier alpha value is -4.17. The van der Waals surface area contributed by atoms with E-state index < -0.39 is 35.7 Å². The minimum Gasteiger partial charge on any atom is -0.480 e. The van der Waals surface area contributed by atoms with Crippen LogP contribution in [0.1, 0.15) is 61.6 Å². The van der Waals surface area contributed by atoms with E-state index >= 15 is 0 Å². The number of carbonyl (C=O) groups is 3. The Morgan fingerprint density at radius 3 is 2.07 bits per heavy atom. The van der Waals surface area contributed by atoms with Crippen molar-refractivity contribution in [1.29, 1.82) is 0 Å². The van der Waals surface area contributed by atoms with Crippen LogP contribution in [-0.4, -0.2) is 47.4 Å². The molecule has 2 saturated carbocycles. The average molecular weight is 569 g/mol. The molecule has 0 aromatic heterocycles. The van der Waals surface area contributed by atoms with Gasteiger partial charge in [0.1, 0.15) is 12.1 Å². The van der Waals surface area contributed by atoms with E-state index in [1.54, 1.807) is 6.92 Å². The summed E-state index contributed by atoms with van der Waals surface area (Å²) in [6.07, 6.45) is 2.52. The van der Waals surface area contributed by atoms with Crippen molar-refractivity contribution in [3.8, 4) is 11.1 Å². The van der Waals surface area contributed by atoms with Crippen LogP contribution >= 0.6 is 0 Å². The van der Waals surface area contributed by atoms with Gasteiger partial charge in [0.2, 0.25) is 5.91 Å². The zero-order chi connectivity index (χ0) is 29.3. The van der Waals surface area contributed by atoms with E-state index in [0.29, 0.717) is 12.8 Å². The highest BCUT2D eigenvalue weighted by Crippen LogP contribution is 2.60. The summed E-state index contributed by atoms with van der Waals surface area (Å²) in [5, 5.41) is 15.5. The Kier molecular flexibility index (Phi) is 7.49. The maximum Gasteiger partial charge on any atom is 0.408 e. The molecule has 3 aliphatic carbocycles. The number of alkyl carbamates (subject to hydrolysis) is 1. The Labute approximate surface area is 245 Å². The number of aliphatic carboxylic acids is 1. The van der Waals surface area contributed by atoms with E-state index in [1.807, 2.05) is 54.6 Å². The van der Waals surface area contributed by atoms with Crippen molar-refractivity contribution in [2.75, 3.05) is 6.61 Å². The minimum atomic E-state index is -1.28. The van der Waals surface area contributed by atoms with E-state index in [-0.39, 0.29) is 24.5 Å². The highest BCUT2D eigenvalue weighted by molar-refractivity contribution is 5.94. The molecule has 1 spiro atoms.